The first-order valence-corrected chi connectivity index (χ1v) is 6.89. The predicted molar refractivity (Wildman–Crippen MR) is 76.4 cm³/mol. The Hall–Kier alpha value is -1.20. The van der Waals surface area contributed by atoms with Crippen LogP contribution in [0.25, 0.3) is 0 Å². The zero-order chi connectivity index (χ0) is 13.4. The van der Waals surface area contributed by atoms with Crippen molar-refractivity contribution in [3.05, 3.63) is 24.3 Å². The van der Waals surface area contributed by atoms with Crippen molar-refractivity contribution in [2.75, 3.05) is 38.4 Å². The number of nitrogens with one attached hydrogen (secondary N) is 1. The minimum atomic E-state index is -0.0858. The van der Waals surface area contributed by atoms with Crippen molar-refractivity contribution in [1.82, 2.24) is 4.90 Å². The third-order valence-electron chi connectivity index (χ3n) is 2.48. The SMILES string of the molecule is CCN(C)C(=O)Nc1ccc(SCCOC)cc1. The van der Waals surface area contributed by atoms with Crippen molar-refractivity contribution in [1.29, 1.82) is 0 Å². The van der Waals surface area contributed by atoms with E-state index in [1.165, 1.54) is 4.90 Å². The van der Waals surface area contributed by atoms with E-state index in [2.05, 4.69) is 5.32 Å². The Labute approximate surface area is 113 Å². The molecule has 0 aliphatic rings. The number of rotatable bonds is 6. The second-order valence-corrected chi connectivity index (χ2v) is 4.98. The summed E-state index contributed by atoms with van der Waals surface area (Å²) in [7, 11) is 3.47. The molecule has 0 unspecified atom stereocenters. The van der Waals surface area contributed by atoms with Crippen molar-refractivity contribution in [3.63, 3.8) is 0 Å². The lowest BCUT2D eigenvalue weighted by atomic mass is 10.3. The van der Waals surface area contributed by atoms with Gasteiger partial charge in [-0.25, -0.2) is 4.79 Å². The lowest BCUT2D eigenvalue weighted by molar-refractivity contribution is 0.218. The fourth-order valence-electron chi connectivity index (χ4n) is 1.24. The molecule has 2 amide bonds. The molecule has 100 valence electrons. The zero-order valence-electron chi connectivity index (χ0n) is 11.1. The minimum Gasteiger partial charge on any atom is -0.384 e. The summed E-state index contributed by atoms with van der Waals surface area (Å²) < 4.78 is 5.00. The van der Waals surface area contributed by atoms with Crippen LogP contribution in [0.1, 0.15) is 6.92 Å². The number of carbonyl (C=O) groups is 1. The number of anilines is 1. The molecule has 0 aliphatic heterocycles. The molecule has 0 radical (unpaired) electrons. The molecule has 0 heterocycles. The molecule has 5 heteroatoms. The molecule has 4 nitrogen and oxygen atoms in total. The maximum absolute atomic E-state index is 11.6. The average Bonchev–Trinajstić information content (AvgIpc) is 2.40. The fraction of sp³-hybridized carbons (Fsp3) is 0.462. The highest BCUT2D eigenvalue weighted by atomic mass is 32.2. The van der Waals surface area contributed by atoms with E-state index >= 15 is 0 Å². The molecule has 0 saturated heterocycles. The Morgan fingerprint density at radius 2 is 2.06 bits per heavy atom. The first-order chi connectivity index (χ1) is 8.67. The average molecular weight is 268 g/mol. The first-order valence-electron chi connectivity index (χ1n) is 5.91. The Morgan fingerprint density at radius 1 is 1.39 bits per heavy atom. The van der Waals surface area contributed by atoms with Crippen LogP contribution in [0, 0.1) is 0 Å². The van der Waals surface area contributed by atoms with Crippen LogP contribution < -0.4 is 5.32 Å². The lowest BCUT2D eigenvalue weighted by Gasteiger charge is -2.15. The third kappa shape index (κ3) is 4.98. The molecule has 0 aromatic heterocycles. The number of carbonyl (C=O) groups excluding carboxylic acids is 1. The molecule has 1 N–H and O–H groups in total. The van der Waals surface area contributed by atoms with Gasteiger partial charge in [0.15, 0.2) is 0 Å². The normalized spacial score (nSPS) is 10.2. The summed E-state index contributed by atoms with van der Waals surface area (Å²) in [6, 6.07) is 7.74. The molecular weight excluding hydrogens is 248 g/mol. The Kier molecular flexibility index (Phi) is 6.60. The number of benzene rings is 1. The largest absolute Gasteiger partial charge is 0.384 e. The highest BCUT2D eigenvalue weighted by molar-refractivity contribution is 7.99. The number of urea groups is 1. The van der Waals surface area contributed by atoms with Gasteiger partial charge in [0.25, 0.3) is 0 Å². The fourth-order valence-corrected chi connectivity index (χ4v) is 2.05. The molecule has 1 aromatic carbocycles. The van der Waals surface area contributed by atoms with E-state index in [0.717, 1.165) is 18.0 Å². The topological polar surface area (TPSA) is 41.6 Å². The molecule has 0 aliphatic carbocycles. The van der Waals surface area contributed by atoms with Crippen molar-refractivity contribution >= 4 is 23.5 Å². The van der Waals surface area contributed by atoms with Gasteiger partial charge in [-0.2, -0.15) is 0 Å². The zero-order valence-corrected chi connectivity index (χ0v) is 11.9. The summed E-state index contributed by atoms with van der Waals surface area (Å²) in [5, 5.41) is 2.84. The summed E-state index contributed by atoms with van der Waals surface area (Å²) >= 11 is 1.74. The molecule has 0 fully saturated rings. The summed E-state index contributed by atoms with van der Waals surface area (Å²) in [5.74, 6) is 0.931. The van der Waals surface area contributed by atoms with E-state index in [0.29, 0.717) is 6.54 Å². The van der Waals surface area contributed by atoms with Crippen LogP contribution in [0.15, 0.2) is 29.2 Å². The quantitative estimate of drug-likeness (QED) is 0.637. The number of hydrogen-bond acceptors (Lipinski definition) is 3. The second kappa shape index (κ2) is 8.00. The number of thioether (sulfide) groups is 1. The van der Waals surface area contributed by atoms with Crippen molar-refractivity contribution in [2.45, 2.75) is 11.8 Å². The van der Waals surface area contributed by atoms with E-state index in [9.17, 15) is 4.79 Å². The first kappa shape index (κ1) is 14.9. The molecule has 0 atom stereocenters. The third-order valence-corrected chi connectivity index (χ3v) is 3.46. The van der Waals surface area contributed by atoms with Gasteiger partial charge in [0.05, 0.1) is 6.61 Å². The molecule has 1 aromatic rings. The van der Waals surface area contributed by atoms with Gasteiger partial charge >= 0.3 is 6.03 Å². The Bertz CT molecular complexity index is 368. The van der Waals surface area contributed by atoms with Gasteiger partial charge in [0, 0.05) is 37.0 Å². The number of amides is 2. The van der Waals surface area contributed by atoms with E-state index in [1.54, 1.807) is 30.8 Å². The monoisotopic (exact) mass is 268 g/mol. The summed E-state index contributed by atoms with van der Waals surface area (Å²) in [6.07, 6.45) is 0. The van der Waals surface area contributed by atoms with E-state index in [4.69, 9.17) is 4.74 Å². The smallest absolute Gasteiger partial charge is 0.321 e. The van der Waals surface area contributed by atoms with Crippen molar-refractivity contribution in [2.24, 2.45) is 0 Å². The number of ether oxygens (including phenoxy) is 1. The van der Waals surface area contributed by atoms with Crippen LogP contribution >= 0.6 is 11.8 Å². The standard InChI is InChI=1S/C13H20N2O2S/c1-4-15(2)13(16)14-11-5-7-12(8-6-11)18-10-9-17-3/h5-8H,4,9-10H2,1-3H3,(H,14,16). The molecular formula is C13H20N2O2S. The van der Waals surface area contributed by atoms with Gasteiger partial charge in [-0.1, -0.05) is 0 Å². The van der Waals surface area contributed by atoms with Crippen LogP contribution in [0.2, 0.25) is 0 Å². The van der Waals surface area contributed by atoms with Crippen molar-refractivity contribution < 1.29 is 9.53 Å². The van der Waals surface area contributed by atoms with Crippen LogP contribution in [0.3, 0.4) is 0 Å². The number of methoxy groups -OCH3 is 1. The molecule has 0 spiro atoms. The summed E-state index contributed by atoms with van der Waals surface area (Å²) in [5.41, 5.74) is 0.816. The van der Waals surface area contributed by atoms with E-state index in [1.807, 2.05) is 31.2 Å². The maximum atomic E-state index is 11.6. The van der Waals surface area contributed by atoms with Gasteiger partial charge < -0.3 is 15.0 Å². The maximum Gasteiger partial charge on any atom is 0.321 e. The second-order valence-electron chi connectivity index (χ2n) is 3.81. The summed E-state index contributed by atoms with van der Waals surface area (Å²) in [4.78, 5) is 14.4. The van der Waals surface area contributed by atoms with Gasteiger partial charge in [-0.05, 0) is 31.2 Å². The summed E-state index contributed by atoms with van der Waals surface area (Å²) in [6.45, 7) is 3.37. The Balaban J connectivity index is 2.47. The van der Waals surface area contributed by atoms with Crippen LogP contribution in [-0.2, 0) is 4.74 Å². The van der Waals surface area contributed by atoms with Gasteiger partial charge in [0.1, 0.15) is 0 Å². The lowest BCUT2D eigenvalue weighted by Crippen LogP contribution is -2.30. The highest BCUT2D eigenvalue weighted by Crippen LogP contribution is 2.20. The molecule has 1 rings (SSSR count). The van der Waals surface area contributed by atoms with Gasteiger partial charge in [-0.3, -0.25) is 0 Å². The van der Waals surface area contributed by atoms with Gasteiger partial charge in [0.2, 0.25) is 0 Å². The van der Waals surface area contributed by atoms with E-state index < -0.39 is 0 Å². The van der Waals surface area contributed by atoms with Crippen LogP contribution in [0.5, 0.6) is 0 Å². The highest BCUT2D eigenvalue weighted by Gasteiger charge is 2.05. The predicted octanol–water partition coefficient (Wildman–Crippen LogP) is 2.91. The number of nitrogens with zero attached hydrogens (tertiary/aromatic N) is 1. The van der Waals surface area contributed by atoms with Crippen molar-refractivity contribution in [3.8, 4) is 0 Å². The molecule has 0 bridgehead atoms. The van der Waals surface area contributed by atoms with E-state index in [-0.39, 0.29) is 6.03 Å². The number of hydrogen-bond donors (Lipinski definition) is 1. The Morgan fingerprint density at radius 3 is 2.61 bits per heavy atom. The van der Waals surface area contributed by atoms with Gasteiger partial charge in [-0.15, -0.1) is 11.8 Å². The van der Waals surface area contributed by atoms with Crippen LogP contribution in [0.4, 0.5) is 10.5 Å². The molecule has 0 saturated carbocycles. The minimum absolute atomic E-state index is 0.0858. The molecule has 18 heavy (non-hydrogen) atoms. The van der Waals surface area contributed by atoms with Crippen LogP contribution in [-0.4, -0.2) is 44.0 Å².